The van der Waals surface area contributed by atoms with Crippen LogP contribution < -0.4 is 10.7 Å². The molecule has 0 unspecified atom stereocenters. The molecule has 3 heterocycles. The molecule has 1 N–H and O–H groups in total. The number of rotatable bonds is 5. The minimum absolute atomic E-state index is 0.0910. The third-order valence-corrected chi connectivity index (χ3v) is 7.26. The Labute approximate surface area is 194 Å². The minimum atomic E-state index is -0.458. The van der Waals surface area contributed by atoms with Crippen LogP contribution in [0.3, 0.4) is 0 Å². The molecular weight excluding hydrogens is 416 g/mol. The number of hydrogen-bond donors (Lipinski definition) is 1. The zero-order valence-electron chi connectivity index (χ0n) is 19.0. The van der Waals surface area contributed by atoms with Gasteiger partial charge in [0, 0.05) is 43.4 Å². The second-order valence-electron chi connectivity index (χ2n) is 9.70. The van der Waals surface area contributed by atoms with Crippen LogP contribution in [-0.2, 0) is 0 Å². The summed E-state index contributed by atoms with van der Waals surface area (Å²) in [6.07, 6.45) is 16.9. The number of likely N-dealkylation sites (tertiary alicyclic amines) is 1. The molecule has 1 aliphatic heterocycles. The minimum Gasteiger partial charge on any atom is -0.349 e. The maximum atomic E-state index is 13.7. The van der Waals surface area contributed by atoms with Gasteiger partial charge in [0.1, 0.15) is 11.1 Å². The fourth-order valence-corrected chi connectivity index (χ4v) is 5.25. The summed E-state index contributed by atoms with van der Waals surface area (Å²) < 4.78 is 1.91. The summed E-state index contributed by atoms with van der Waals surface area (Å²) in [6, 6.07) is 4.13. The van der Waals surface area contributed by atoms with Crippen LogP contribution in [0.2, 0.25) is 0 Å². The molecule has 174 valence electrons. The molecule has 0 bridgehead atoms. The smallest absolute Gasteiger partial charge is 0.259 e. The molecule has 5 rings (SSSR count). The summed E-state index contributed by atoms with van der Waals surface area (Å²) in [5, 5.41) is 3.06. The van der Waals surface area contributed by atoms with Crippen molar-refractivity contribution in [2.45, 2.75) is 82.3 Å². The van der Waals surface area contributed by atoms with Crippen molar-refractivity contribution in [1.82, 2.24) is 19.8 Å². The van der Waals surface area contributed by atoms with Gasteiger partial charge in [-0.05, 0) is 56.6 Å². The Balaban J connectivity index is 1.47. The van der Waals surface area contributed by atoms with E-state index in [1.807, 2.05) is 16.7 Å². The lowest BCUT2D eigenvalue weighted by Gasteiger charge is -2.36. The second-order valence-corrected chi connectivity index (χ2v) is 9.70. The van der Waals surface area contributed by atoms with Crippen LogP contribution >= 0.6 is 0 Å². The SMILES string of the molecule is O=C(NC1CCCCC1)c1cn(C2CC2)cc(C(=O)N2CCCC[C@H]2c2cccnc2)c1=O. The van der Waals surface area contributed by atoms with Crippen molar-refractivity contribution in [2.24, 2.45) is 0 Å². The highest BCUT2D eigenvalue weighted by Crippen LogP contribution is 2.35. The molecule has 2 aromatic rings. The maximum Gasteiger partial charge on any atom is 0.259 e. The number of pyridine rings is 2. The van der Waals surface area contributed by atoms with Crippen molar-refractivity contribution >= 4 is 11.8 Å². The first kappa shape index (κ1) is 21.9. The summed E-state index contributed by atoms with van der Waals surface area (Å²) in [6.45, 7) is 0.597. The fraction of sp³-hybridized carbons (Fsp3) is 0.538. The molecular formula is C26H32N4O3. The largest absolute Gasteiger partial charge is 0.349 e. The van der Waals surface area contributed by atoms with Gasteiger partial charge in [-0.1, -0.05) is 25.3 Å². The molecule has 1 saturated heterocycles. The Morgan fingerprint density at radius 3 is 2.42 bits per heavy atom. The molecule has 7 heteroatoms. The van der Waals surface area contributed by atoms with Gasteiger partial charge in [-0.2, -0.15) is 0 Å². The van der Waals surface area contributed by atoms with E-state index in [1.165, 1.54) is 6.42 Å². The first-order valence-corrected chi connectivity index (χ1v) is 12.4. The Morgan fingerprint density at radius 2 is 1.70 bits per heavy atom. The van der Waals surface area contributed by atoms with E-state index < -0.39 is 5.43 Å². The van der Waals surface area contributed by atoms with E-state index in [4.69, 9.17) is 0 Å². The average molecular weight is 449 g/mol. The van der Waals surface area contributed by atoms with E-state index in [1.54, 1.807) is 29.7 Å². The molecule has 1 atom stereocenters. The van der Waals surface area contributed by atoms with E-state index in [0.29, 0.717) is 6.54 Å². The van der Waals surface area contributed by atoms with Crippen LogP contribution in [-0.4, -0.2) is 38.9 Å². The lowest BCUT2D eigenvalue weighted by molar-refractivity contribution is 0.0609. The van der Waals surface area contributed by atoms with Gasteiger partial charge < -0.3 is 14.8 Å². The first-order valence-electron chi connectivity index (χ1n) is 12.4. The normalized spacial score (nSPS) is 21.6. The highest BCUT2D eigenvalue weighted by atomic mass is 16.2. The fourth-order valence-electron chi connectivity index (χ4n) is 5.25. The lowest BCUT2D eigenvalue weighted by atomic mass is 9.95. The molecule has 7 nitrogen and oxygen atoms in total. The molecule has 3 fully saturated rings. The Kier molecular flexibility index (Phi) is 6.29. The van der Waals surface area contributed by atoms with Crippen LogP contribution in [0.25, 0.3) is 0 Å². The number of amides is 2. The van der Waals surface area contributed by atoms with Gasteiger partial charge in [-0.25, -0.2) is 0 Å². The van der Waals surface area contributed by atoms with E-state index in [2.05, 4.69) is 10.3 Å². The summed E-state index contributed by atoms with van der Waals surface area (Å²) in [4.78, 5) is 46.3. The predicted molar refractivity (Wildman–Crippen MR) is 125 cm³/mol. The van der Waals surface area contributed by atoms with Crippen LogP contribution in [0.1, 0.15) is 103 Å². The summed E-state index contributed by atoms with van der Waals surface area (Å²) in [5.41, 5.74) is 0.724. The summed E-state index contributed by atoms with van der Waals surface area (Å²) >= 11 is 0. The number of carbonyl (C=O) groups excluding carboxylic acids is 2. The molecule has 33 heavy (non-hydrogen) atoms. The zero-order chi connectivity index (χ0) is 22.8. The average Bonchev–Trinajstić information content (AvgIpc) is 3.70. The number of nitrogens with zero attached hydrogens (tertiary/aromatic N) is 3. The van der Waals surface area contributed by atoms with Crippen molar-refractivity contribution in [1.29, 1.82) is 0 Å². The van der Waals surface area contributed by atoms with Crippen molar-refractivity contribution in [3.05, 3.63) is 63.8 Å². The third kappa shape index (κ3) is 4.72. The topological polar surface area (TPSA) is 84.3 Å². The molecule has 2 aromatic heterocycles. The first-order chi connectivity index (χ1) is 16.1. The Morgan fingerprint density at radius 1 is 0.939 bits per heavy atom. The Hall–Kier alpha value is -2.96. The molecule has 3 aliphatic rings. The van der Waals surface area contributed by atoms with Crippen molar-refractivity contribution in [3.8, 4) is 0 Å². The maximum absolute atomic E-state index is 13.7. The van der Waals surface area contributed by atoms with Gasteiger partial charge in [-0.3, -0.25) is 19.4 Å². The van der Waals surface area contributed by atoms with E-state index in [0.717, 1.165) is 63.4 Å². The van der Waals surface area contributed by atoms with Crippen LogP contribution in [0.5, 0.6) is 0 Å². The van der Waals surface area contributed by atoms with Gasteiger partial charge in [0.2, 0.25) is 5.43 Å². The molecule has 2 amide bonds. The van der Waals surface area contributed by atoms with Gasteiger partial charge in [0.05, 0.1) is 6.04 Å². The predicted octanol–water partition coefficient (Wildman–Crippen LogP) is 4.01. The number of hydrogen-bond acceptors (Lipinski definition) is 4. The van der Waals surface area contributed by atoms with Crippen molar-refractivity contribution in [3.63, 3.8) is 0 Å². The lowest BCUT2D eigenvalue weighted by Crippen LogP contribution is -2.43. The number of piperidine rings is 1. The van der Waals surface area contributed by atoms with Gasteiger partial charge in [-0.15, -0.1) is 0 Å². The quantitative estimate of drug-likeness (QED) is 0.749. The Bertz CT molecular complexity index is 1070. The van der Waals surface area contributed by atoms with Crippen molar-refractivity contribution in [2.75, 3.05) is 6.54 Å². The zero-order valence-corrected chi connectivity index (χ0v) is 19.0. The molecule has 0 spiro atoms. The van der Waals surface area contributed by atoms with E-state index in [-0.39, 0.29) is 41.1 Å². The number of aromatic nitrogens is 2. The molecule has 2 saturated carbocycles. The van der Waals surface area contributed by atoms with Gasteiger partial charge >= 0.3 is 0 Å². The van der Waals surface area contributed by atoms with Crippen LogP contribution in [0.15, 0.2) is 41.7 Å². The highest BCUT2D eigenvalue weighted by molar-refractivity contribution is 5.99. The monoisotopic (exact) mass is 448 g/mol. The van der Waals surface area contributed by atoms with Gasteiger partial charge in [0.15, 0.2) is 0 Å². The molecule has 0 radical (unpaired) electrons. The van der Waals surface area contributed by atoms with Crippen LogP contribution in [0.4, 0.5) is 0 Å². The highest BCUT2D eigenvalue weighted by Gasteiger charge is 2.33. The number of nitrogens with one attached hydrogen (secondary N) is 1. The summed E-state index contributed by atoms with van der Waals surface area (Å²) in [5.74, 6) is -0.631. The standard InChI is InChI=1S/C26H32N4O3/c31-24-21(25(32)28-19-8-2-1-3-9-19)16-29(20-11-12-20)17-22(24)26(33)30-14-5-4-10-23(30)18-7-6-13-27-15-18/h6-7,13,15-17,19-20,23H,1-5,8-12,14H2,(H,28,32)/t23-/m0/s1. The second kappa shape index (κ2) is 9.49. The number of carbonyl (C=O) groups is 2. The van der Waals surface area contributed by atoms with Gasteiger partial charge in [0.25, 0.3) is 11.8 Å². The van der Waals surface area contributed by atoms with Crippen molar-refractivity contribution < 1.29 is 9.59 Å². The third-order valence-electron chi connectivity index (χ3n) is 7.26. The van der Waals surface area contributed by atoms with E-state index in [9.17, 15) is 14.4 Å². The molecule has 0 aromatic carbocycles. The van der Waals surface area contributed by atoms with E-state index >= 15 is 0 Å². The summed E-state index contributed by atoms with van der Waals surface area (Å²) in [7, 11) is 0. The van der Waals surface area contributed by atoms with Crippen LogP contribution in [0, 0.1) is 0 Å². The molecule has 2 aliphatic carbocycles.